The van der Waals surface area contributed by atoms with Crippen molar-refractivity contribution < 1.29 is 13.9 Å². The molecule has 0 bridgehead atoms. The normalized spacial score (nSPS) is 10.6. The Labute approximate surface area is 135 Å². The average molecular weight is 319 g/mol. The predicted molar refractivity (Wildman–Crippen MR) is 85.9 cm³/mol. The molecule has 0 radical (unpaired) electrons. The second-order valence-corrected chi connectivity index (χ2v) is 5.27. The molecule has 1 heterocycles. The second-order valence-electron chi connectivity index (χ2n) is 5.27. The summed E-state index contributed by atoms with van der Waals surface area (Å²) < 4.78 is 20.2. The fourth-order valence-corrected chi connectivity index (χ4v) is 2.09. The molecule has 0 unspecified atom stereocenters. The van der Waals surface area contributed by atoms with E-state index in [-0.39, 0.29) is 11.7 Å². The summed E-state index contributed by atoms with van der Waals surface area (Å²) in [5.74, 6) is -0.184. The Bertz CT molecular complexity index is 638. The largest absolute Gasteiger partial charge is 0.476 e. The van der Waals surface area contributed by atoms with Crippen LogP contribution in [0.4, 0.5) is 4.39 Å². The molecule has 0 saturated heterocycles. The summed E-state index contributed by atoms with van der Waals surface area (Å²) in [5, 5.41) is 7.12. The van der Waals surface area contributed by atoms with Crippen LogP contribution in [0.3, 0.4) is 0 Å². The maximum Gasteiger partial charge on any atom is 0.258 e. The number of hydrogen-bond acceptors (Lipinski definition) is 3. The monoisotopic (exact) mass is 319 g/mol. The summed E-state index contributed by atoms with van der Waals surface area (Å²) in [5.41, 5.74) is 1.26. The maximum absolute atomic E-state index is 12.9. The Morgan fingerprint density at radius 3 is 2.65 bits per heavy atom. The van der Waals surface area contributed by atoms with Gasteiger partial charge in [-0.2, -0.15) is 0 Å². The summed E-state index contributed by atoms with van der Waals surface area (Å²) in [6, 6.07) is 6.03. The minimum absolute atomic E-state index is 0.247. The first kappa shape index (κ1) is 17.0. The van der Waals surface area contributed by atoms with Gasteiger partial charge >= 0.3 is 0 Å². The van der Waals surface area contributed by atoms with E-state index in [0.717, 1.165) is 24.9 Å². The summed E-state index contributed by atoms with van der Waals surface area (Å²) in [6.45, 7) is 5.61. The summed E-state index contributed by atoms with van der Waals surface area (Å²) >= 11 is 0. The number of rotatable bonds is 8. The summed E-state index contributed by atoms with van der Waals surface area (Å²) in [7, 11) is 0. The molecule has 1 N–H and O–H groups in total. The molecule has 0 atom stereocenters. The third kappa shape index (κ3) is 4.81. The Morgan fingerprint density at radius 1 is 1.26 bits per heavy atom. The molecule has 2 rings (SSSR count). The van der Waals surface area contributed by atoms with Gasteiger partial charge in [-0.1, -0.05) is 26.0 Å². The van der Waals surface area contributed by atoms with Gasteiger partial charge in [0.2, 0.25) is 5.88 Å². The highest BCUT2D eigenvalue weighted by Gasteiger charge is 2.17. The van der Waals surface area contributed by atoms with Crippen molar-refractivity contribution in [2.24, 2.45) is 0 Å². The van der Waals surface area contributed by atoms with Crippen LogP contribution in [0.25, 0.3) is 0 Å². The van der Waals surface area contributed by atoms with Gasteiger partial charge in [-0.05, 0) is 30.5 Å². The van der Waals surface area contributed by atoms with Crippen molar-refractivity contribution in [1.29, 1.82) is 0 Å². The molecule has 0 saturated carbocycles. The van der Waals surface area contributed by atoms with Crippen molar-refractivity contribution in [3.05, 3.63) is 47.4 Å². The molecule has 0 aliphatic heterocycles. The molecule has 1 aromatic carbocycles. The van der Waals surface area contributed by atoms with Crippen LogP contribution < -0.4 is 10.1 Å². The lowest BCUT2D eigenvalue weighted by molar-refractivity contribution is 0.0946. The first-order valence-electron chi connectivity index (χ1n) is 7.87. The van der Waals surface area contributed by atoms with E-state index < -0.39 is 0 Å². The number of carbonyl (C=O) groups is 1. The zero-order valence-corrected chi connectivity index (χ0v) is 13.5. The van der Waals surface area contributed by atoms with Crippen LogP contribution in [0.15, 0.2) is 30.5 Å². The number of hydrogen-bond donors (Lipinski definition) is 1. The SMILES string of the molecule is CCCOc1nn(CCC)cc1C(=O)NCc1ccc(F)cc1. The van der Waals surface area contributed by atoms with Gasteiger partial charge < -0.3 is 10.1 Å². The van der Waals surface area contributed by atoms with E-state index in [1.54, 1.807) is 23.0 Å². The van der Waals surface area contributed by atoms with Crippen molar-refractivity contribution in [3.63, 3.8) is 0 Å². The fourth-order valence-electron chi connectivity index (χ4n) is 2.09. The molecule has 0 fully saturated rings. The number of aryl methyl sites for hydroxylation is 1. The van der Waals surface area contributed by atoms with Gasteiger partial charge in [0.25, 0.3) is 5.91 Å². The zero-order chi connectivity index (χ0) is 16.7. The van der Waals surface area contributed by atoms with Crippen LogP contribution in [0.5, 0.6) is 5.88 Å². The van der Waals surface area contributed by atoms with Crippen LogP contribution in [-0.2, 0) is 13.1 Å². The lowest BCUT2D eigenvalue weighted by Crippen LogP contribution is -2.23. The van der Waals surface area contributed by atoms with Crippen LogP contribution >= 0.6 is 0 Å². The van der Waals surface area contributed by atoms with Gasteiger partial charge in [-0.15, -0.1) is 5.10 Å². The molecular weight excluding hydrogens is 297 g/mol. The minimum atomic E-state index is -0.295. The Kier molecular flexibility index (Phi) is 6.14. The lowest BCUT2D eigenvalue weighted by atomic mass is 10.2. The van der Waals surface area contributed by atoms with Crippen molar-refractivity contribution in [3.8, 4) is 5.88 Å². The third-order valence-electron chi connectivity index (χ3n) is 3.23. The van der Waals surface area contributed by atoms with Gasteiger partial charge in [0, 0.05) is 19.3 Å². The van der Waals surface area contributed by atoms with Crippen LogP contribution in [0, 0.1) is 5.82 Å². The molecule has 6 heteroatoms. The second kappa shape index (κ2) is 8.31. The van der Waals surface area contributed by atoms with Crippen molar-refractivity contribution in [1.82, 2.24) is 15.1 Å². The van der Waals surface area contributed by atoms with Crippen molar-refractivity contribution in [2.75, 3.05) is 6.61 Å². The van der Waals surface area contributed by atoms with E-state index in [4.69, 9.17) is 4.74 Å². The Hall–Kier alpha value is -2.37. The first-order chi connectivity index (χ1) is 11.1. The van der Waals surface area contributed by atoms with E-state index in [2.05, 4.69) is 10.4 Å². The number of amides is 1. The molecule has 0 spiro atoms. The minimum Gasteiger partial charge on any atom is -0.476 e. The number of benzene rings is 1. The standard InChI is InChI=1S/C17H22FN3O2/c1-3-9-21-12-15(17(20-21)23-10-4-2)16(22)19-11-13-5-7-14(18)8-6-13/h5-8,12H,3-4,9-11H2,1-2H3,(H,19,22). The number of nitrogens with zero attached hydrogens (tertiary/aromatic N) is 2. The summed E-state index contributed by atoms with van der Waals surface area (Å²) in [4.78, 5) is 12.4. The van der Waals surface area contributed by atoms with E-state index in [0.29, 0.717) is 24.6 Å². The Balaban J connectivity index is 2.05. The Morgan fingerprint density at radius 2 is 2.00 bits per heavy atom. The summed E-state index contributed by atoms with van der Waals surface area (Å²) in [6.07, 6.45) is 3.47. The number of aromatic nitrogens is 2. The fraction of sp³-hybridized carbons (Fsp3) is 0.412. The van der Waals surface area contributed by atoms with Crippen LogP contribution in [0.2, 0.25) is 0 Å². The van der Waals surface area contributed by atoms with E-state index >= 15 is 0 Å². The first-order valence-corrected chi connectivity index (χ1v) is 7.87. The molecular formula is C17H22FN3O2. The molecule has 0 aliphatic carbocycles. The van der Waals surface area contributed by atoms with Gasteiger partial charge in [0.1, 0.15) is 11.4 Å². The maximum atomic E-state index is 12.9. The molecule has 1 amide bonds. The van der Waals surface area contributed by atoms with Crippen molar-refractivity contribution >= 4 is 5.91 Å². The third-order valence-corrected chi connectivity index (χ3v) is 3.23. The highest BCUT2D eigenvalue weighted by Crippen LogP contribution is 2.17. The average Bonchev–Trinajstić information content (AvgIpc) is 2.95. The number of carbonyl (C=O) groups excluding carboxylic acids is 1. The smallest absolute Gasteiger partial charge is 0.258 e. The molecule has 5 nitrogen and oxygen atoms in total. The van der Waals surface area contributed by atoms with Gasteiger partial charge in [0.15, 0.2) is 0 Å². The molecule has 1 aromatic heterocycles. The molecule has 124 valence electrons. The van der Waals surface area contributed by atoms with E-state index in [9.17, 15) is 9.18 Å². The topological polar surface area (TPSA) is 56.2 Å². The highest BCUT2D eigenvalue weighted by molar-refractivity contribution is 5.96. The van der Waals surface area contributed by atoms with E-state index in [1.165, 1.54) is 12.1 Å². The molecule has 2 aromatic rings. The van der Waals surface area contributed by atoms with Crippen molar-refractivity contribution in [2.45, 2.75) is 39.8 Å². The number of ether oxygens (including phenoxy) is 1. The number of nitrogens with one attached hydrogen (secondary N) is 1. The van der Waals surface area contributed by atoms with Gasteiger partial charge in [-0.25, -0.2) is 4.39 Å². The molecule has 23 heavy (non-hydrogen) atoms. The van der Waals surface area contributed by atoms with Gasteiger partial charge in [0.05, 0.1) is 6.61 Å². The molecule has 0 aliphatic rings. The predicted octanol–water partition coefficient (Wildman–Crippen LogP) is 3.15. The van der Waals surface area contributed by atoms with Gasteiger partial charge in [-0.3, -0.25) is 9.48 Å². The number of halogens is 1. The van der Waals surface area contributed by atoms with E-state index in [1.807, 2.05) is 13.8 Å². The highest BCUT2D eigenvalue weighted by atomic mass is 19.1. The van der Waals surface area contributed by atoms with Crippen LogP contribution in [-0.4, -0.2) is 22.3 Å². The zero-order valence-electron chi connectivity index (χ0n) is 13.5. The quantitative estimate of drug-likeness (QED) is 0.813. The lowest BCUT2D eigenvalue weighted by Gasteiger charge is -2.06. The van der Waals surface area contributed by atoms with Crippen LogP contribution in [0.1, 0.15) is 42.6 Å².